The van der Waals surface area contributed by atoms with Gasteiger partial charge < -0.3 is 5.11 Å². The molecule has 0 saturated heterocycles. The Kier molecular flexibility index (Phi) is 2.50. The maximum Gasteiger partial charge on any atom is 0.324 e. The van der Waals surface area contributed by atoms with Crippen LogP contribution in [0.5, 0.6) is 0 Å². The molecule has 1 N–H and O–H groups in total. The highest BCUT2D eigenvalue weighted by molar-refractivity contribution is 7.05. The molecular weight excluding hydrogens is 238 g/mol. The lowest BCUT2D eigenvalue weighted by atomic mass is 10.2. The predicted octanol–water partition coefficient (Wildman–Crippen LogP) is 1.80. The molecule has 1 aromatic heterocycles. The molecule has 78 valence electrons. The van der Waals surface area contributed by atoms with Gasteiger partial charge in [-0.1, -0.05) is 11.6 Å². The lowest BCUT2D eigenvalue weighted by Crippen LogP contribution is -2.05. The molecule has 0 bridgehead atoms. The molecule has 0 amide bonds. The van der Waals surface area contributed by atoms with Crippen LogP contribution < -0.4 is 4.74 Å². The summed E-state index contributed by atoms with van der Waals surface area (Å²) >= 11 is 6.63. The molecule has 1 heterocycles. The van der Waals surface area contributed by atoms with Crippen LogP contribution in [0, 0.1) is 0 Å². The van der Waals surface area contributed by atoms with Gasteiger partial charge in [-0.25, -0.2) is 0 Å². The van der Waals surface area contributed by atoms with Gasteiger partial charge in [-0.15, -0.1) is 0 Å². The van der Waals surface area contributed by atoms with E-state index in [1.807, 2.05) is 0 Å². The Morgan fingerprint density at radius 2 is 2.27 bits per heavy atom. The summed E-state index contributed by atoms with van der Waals surface area (Å²) in [5.74, 6) is -0.974. The fourth-order valence-corrected chi connectivity index (χ4v) is 2.39. The molecule has 2 aromatic rings. The van der Waals surface area contributed by atoms with Crippen molar-refractivity contribution in [3.63, 3.8) is 0 Å². The van der Waals surface area contributed by atoms with Crippen LogP contribution in [0.2, 0.25) is 5.02 Å². The molecule has 0 saturated carbocycles. The zero-order valence-corrected chi connectivity index (χ0v) is 9.01. The lowest BCUT2D eigenvalue weighted by molar-refractivity contribution is -0.137. The third kappa shape index (κ3) is 1.88. The Balaban J connectivity index is 2.68. The number of aromatic nitrogens is 1. The van der Waals surface area contributed by atoms with Crippen molar-refractivity contribution < 1.29 is 9.90 Å². The largest absolute Gasteiger partial charge is 0.480 e. The predicted molar refractivity (Wildman–Crippen MR) is 58.7 cm³/mol. The number of hydrogen-bond acceptors (Lipinski definition) is 3. The van der Waals surface area contributed by atoms with E-state index in [2.05, 4.69) is 0 Å². The molecular formula is C9H6ClNO3S. The fourth-order valence-electron chi connectivity index (χ4n) is 1.33. The average molecular weight is 244 g/mol. The first-order valence-electron chi connectivity index (χ1n) is 4.09. The summed E-state index contributed by atoms with van der Waals surface area (Å²) in [4.78, 5) is 22.0. The van der Waals surface area contributed by atoms with Gasteiger partial charge in [0.2, 0.25) is 0 Å². The summed E-state index contributed by atoms with van der Waals surface area (Å²) in [6.45, 7) is -0.203. The monoisotopic (exact) mass is 243 g/mol. The van der Waals surface area contributed by atoms with Gasteiger partial charge in [0, 0.05) is 5.02 Å². The summed E-state index contributed by atoms with van der Waals surface area (Å²) in [5.41, 5.74) is 0.608. The van der Waals surface area contributed by atoms with E-state index in [4.69, 9.17) is 16.7 Å². The van der Waals surface area contributed by atoms with Crippen LogP contribution >= 0.6 is 23.1 Å². The second-order valence-electron chi connectivity index (χ2n) is 2.97. The Labute approximate surface area is 93.5 Å². The molecule has 0 radical (unpaired) electrons. The highest BCUT2D eigenvalue weighted by Gasteiger charge is 2.09. The molecule has 4 nitrogen and oxygen atoms in total. The van der Waals surface area contributed by atoms with E-state index in [-0.39, 0.29) is 11.3 Å². The normalized spacial score (nSPS) is 10.7. The first-order chi connectivity index (χ1) is 7.08. The number of benzene rings is 1. The standard InChI is InChI=1S/C9H6ClNO3S/c10-5-1-2-7-6(3-5)9(14)15-11(7)4-8(12)13/h1-3H,4H2,(H,12,13). The molecule has 0 aliphatic rings. The zero-order valence-electron chi connectivity index (χ0n) is 7.44. The summed E-state index contributed by atoms with van der Waals surface area (Å²) in [6, 6.07) is 4.83. The van der Waals surface area contributed by atoms with Crippen LogP contribution in [0.1, 0.15) is 0 Å². The molecule has 15 heavy (non-hydrogen) atoms. The Morgan fingerprint density at radius 1 is 1.53 bits per heavy atom. The van der Waals surface area contributed by atoms with Crippen LogP contribution in [0.25, 0.3) is 10.9 Å². The molecule has 0 fully saturated rings. The third-order valence-corrected chi connectivity index (χ3v) is 3.09. The van der Waals surface area contributed by atoms with Crippen molar-refractivity contribution in [1.29, 1.82) is 0 Å². The van der Waals surface area contributed by atoms with Crippen molar-refractivity contribution in [2.45, 2.75) is 6.54 Å². The first kappa shape index (κ1) is 10.2. The zero-order chi connectivity index (χ0) is 11.0. The van der Waals surface area contributed by atoms with Crippen molar-refractivity contribution in [1.82, 2.24) is 3.96 Å². The maximum atomic E-state index is 11.5. The maximum absolute atomic E-state index is 11.5. The van der Waals surface area contributed by atoms with Gasteiger partial charge in [0.1, 0.15) is 6.54 Å². The number of nitrogens with zero attached hydrogens (tertiary/aromatic N) is 1. The number of hydrogen-bond donors (Lipinski definition) is 1. The minimum atomic E-state index is -0.974. The summed E-state index contributed by atoms with van der Waals surface area (Å²) in [6.07, 6.45) is 0. The van der Waals surface area contributed by atoms with E-state index in [1.165, 1.54) is 3.96 Å². The van der Waals surface area contributed by atoms with Crippen LogP contribution in [0.4, 0.5) is 0 Å². The number of fused-ring (bicyclic) bond motifs is 1. The third-order valence-electron chi connectivity index (χ3n) is 1.92. The molecule has 1 aromatic carbocycles. The van der Waals surface area contributed by atoms with Crippen LogP contribution in [0.15, 0.2) is 23.0 Å². The molecule has 0 spiro atoms. The van der Waals surface area contributed by atoms with Crippen LogP contribution in [-0.2, 0) is 11.3 Å². The van der Waals surface area contributed by atoms with E-state index in [0.29, 0.717) is 15.9 Å². The van der Waals surface area contributed by atoms with Gasteiger partial charge >= 0.3 is 5.97 Å². The van der Waals surface area contributed by atoms with E-state index in [1.54, 1.807) is 18.2 Å². The van der Waals surface area contributed by atoms with Crippen LogP contribution in [0.3, 0.4) is 0 Å². The minimum absolute atomic E-state index is 0.172. The highest BCUT2D eigenvalue weighted by Crippen LogP contribution is 2.19. The highest BCUT2D eigenvalue weighted by atomic mass is 35.5. The Morgan fingerprint density at radius 3 is 2.93 bits per heavy atom. The second-order valence-corrected chi connectivity index (χ2v) is 4.40. The van der Waals surface area contributed by atoms with Crippen molar-refractivity contribution in [2.75, 3.05) is 0 Å². The minimum Gasteiger partial charge on any atom is -0.480 e. The van der Waals surface area contributed by atoms with Crippen molar-refractivity contribution in [2.24, 2.45) is 0 Å². The molecule has 0 aliphatic carbocycles. The van der Waals surface area contributed by atoms with Gasteiger partial charge in [0.25, 0.3) is 4.74 Å². The van der Waals surface area contributed by atoms with Gasteiger partial charge in [-0.2, -0.15) is 0 Å². The second kappa shape index (κ2) is 3.67. The van der Waals surface area contributed by atoms with E-state index < -0.39 is 5.97 Å². The summed E-state index contributed by atoms with van der Waals surface area (Å²) in [7, 11) is 0. The van der Waals surface area contributed by atoms with E-state index in [9.17, 15) is 9.59 Å². The number of carbonyl (C=O) groups is 1. The quantitative estimate of drug-likeness (QED) is 0.875. The molecule has 2 rings (SSSR count). The smallest absolute Gasteiger partial charge is 0.324 e. The van der Waals surface area contributed by atoms with Gasteiger partial charge in [-0.05, 0) is 29.7 Å². The number of carboxylic acid groups (broad SMARTS) is 1. The molecule has 0 aliphatic heterocycles. The molecule has 0 atom stereocenters. The molecule has 0 unspecified atom stereocenters. The first-order valence-corrected chi connectivity index (χ1v) is 5.24. The SMILES string of the molecule is O=C(O)Cn1sc(=O)c2cc(Cl)ccc21. The van der Waals surface area contributed by atoms with Gasteiger partial charge in [-0.3, -0.25) is 13.5 Å². The van der Waals surface area contributed by atoms with Crippen molar-refractivity contribution in [3.8, 4) is 0 Å². The number of halogens is 1. The number of aliphatic carboxylic acids is 1. The van der Waals surface area contributed by atoms with Crippen molar-refractivity contribution >= 4 is 40.0 Å². The fraction of sp³-hybridized carbons (Fsp3) is 0.111. The van der Waals surface area contributed by atoms with Gasteiger partial charge in [0.05, 0.1) is 10.9 Å². The molecule has 6 heteroatoms. The Hall–Kier alpha value is -1.33. The number of rotatable bonds is 2. The van der Waals surface area contributed by atoms with Gasteiger partial charge in [0.15, 0.2) is 0 Å². The van der Waals surface area contributed by atoms with E-state index in [0.717, 1.165) is 11.5 Å². The summed E-state index contributed by atoms with van der Waals surface area (Å²) in [5, 5.41) is 9.59. The van der Waals surface area contributed by atoms with Crippen LogP contribution in [-0.4, -0.2) is 15.0 Å². The Bertz CT molecular complexity index is 587. The lowest BCUT2D eigenvalue weighted by Gasteiger charge is -1.98. The average Bonchev–Trinajstić information content (AvgIpc) is 2.42. The number of carboxylic acids is 1. The topological polar surface area (TPSA) is 59.3 Å². The van der Waals surface area contributed by atoms with E-state index >= 15 is 0 Å². The summed E-state index contributed by atoms with van der Waals surface area (Å²) < 4.78 is 1.27. The van der Waals surface area contributed by atoms with Crippen molar-refractivity contribution in [3.05, 3.63) is 32.8 Å².